The summed E-state index contributed by atoms with van der Waals surface area (Å²) >= 11 is 3.42. The number of hydrogen-bond donors (Lipinski definition) is 0. The van der Waals surface area contributed by atoms with Gasteiger partial charge in [0.2, 0.25) is 0 Å². The van der Waals surface area contributed by atoms with Gasteiger partial charge in [-0.2, -0.15) is 0 Å². The van der Waals surface area contributed by atoms with Gasteiger partial charge in [-0.05, 0) is 55.5 Å². The van der Waals surface area contributed by atoms with Gasteiger partial charge in [0.25, 0.3) is 0 Å². The van der Waals surface area contributed by atoms with Gasteiger partial charge in [0.15, 0.2) is 0 Å². The fraction of sp³-hybridized carbons (Fsp3) is 0.350. The molecule has 1 aliphatic carbocycles. The average Bonchev–Trinajstić information content (AvgIpc) is 2.63. The molecular weight excluding hydrogens is 368 g/mol. The zero-order chi connectivity index (χ0) is 16.8. The normalized spacial score (nSPS) is 20.4. The van der Waals surface area contributed by atoms with E-state index in [-0.39, 0.29) is 18.0 Å². The Hall–Kier alpha value is -1.81. The Morgan fingerprint density at radius 3 is 2.29 bits per heavy atom. The van der Waals surface area contributed by atoms with E-state index in [2.05, 4.69) is 15.9 Å². The van der Waals surface area contributed by atoms with E-state index in [0.717, 1.165) is 41.5 Å². The lowest BCUT2D eigenvalue weighted by Gasteiger charge is -2.27. The molecule has 4 heteroatoms. The first kappa shape index (κ1) is 17.0. The van der Waals surface area contributed by atoms with E-state index in [9.17, 15) is 4.79 Å². The Morgan fingerprint density at radius 2 is 1.62 bits per heavy atom. The summed E-state index contributed by atoms with van der Waals surface area (Å²) in [5.41, 5.74) is 1.03. The fourth-order valence-electron chi connectivity index (χ4n) is 2.97. The molecule has 0 aliphatic heterocycles. The average molecular weight is 389 g/mol. The number of halogens is 1. The smallest absolute Gasteiger partial charge is 0.309 e. The van der Waals surface area contributed by atoms with Crippen LogP contribution in [0.15, 0.2) is 59.1 Å². The molecule has 1 fully saturated rings. The number of ether oxygens (including phenoxy) is 2. The minimum atomic E-state index is -0.0825. The van der Waals surface area contributed by atoms with Crippen LogP contribution in [-0.4, -0.2) is 12.1 Å². The van der Waals surface area contributed by atoms with Crippen molar-refractivity contribution in [2.24, 2.45) is 5.92 Å². The van der Waals surface area contributed by atoms with E-state index in [1.165, 1.54) is 0 Å². The van der Waals surface area contributed by atoms with E-state index < -0.39 is 0 Å². The Kier molecular flexibility index (Phi) is 5.91. The lowest BCUT2D eigenvalue weighted by molar-refractivity contribution is -0.151. The second kappa shape index (κ2) is 8.34. The van der Waals surface area contributed by atoms with Gasteiger partial charge >= 0.3 is 5.97 Å². The summed E-state index contributed by atoms with van der Waals surface area (Å²) in [5, 5.41) is 0. The first-order valence-corrected chi connectivity index (χ1v) is 9.13. The van der Waals surface area contributed by atoms with E-state index in [0.29, 0.717) is 6.61 Å². The van der Waals surface area contributed by atoms with E-state index in [4.69, 9.17) is 9.47 Å². The third kappa shape index (κ3) is 4.84. The molecule has 24 heavy (non-hydrogen) atoms. The van der Waals surface area contributed by atoms with Crippen molar-refractivity contribution in [3.63, 3.8) is 0 Å². The highest BCUT2D eigenvalue weighted by Crippen LogP contribution is 2.29. The van der Waals surface area contributed by atoms with Gasteiger partial charge in [0.1, 0.15) is 12.4 Å². The van der Waals surface area contributed by atoms with Gasteiger partial charge in [0, 0.05) is 4.47 Å². The first-order chi connectivity index (χ1) is 11.7. The molecule has 0 radical (unpaired) electrons. The zero-order valence-electron chi connectivity index (χ0n) is 13.5. The topological polar surface area (TPSA) is 35.5 Å². The van der Waals surface area contributed by atoms with Gasteiger partial charge in [-0.25, -0.2) is 0 Å². The van der Waals surface area contributed by atoms with Crippen molar-refractivity contribution in [2.45, 2.75) is 38.4 Å². The first-order valence-electron chi connectivity index (χ1n) is 8.33. The predicted octanol–water partition coefficient (Wildman–Crippen LogP) is 5.13. The van der Waals surface area contributed by atoms with E-state index in [1.807, 2.05) is 54.6 Å². The fourth-order valence-corrected chi connectivity index (χ4v) is 3.23. The number of carbonyl (C=O) groups is 1. The van der Waals surface area contributed by atoms with Gasteiger partial charge in [-0.1, -0.05) is 46.3 Å². The van der Waals surface area contributed by atoms with Crippen molar-refractivity contribution in [2.75, 3.05) is 0 Å². The summed E-state index contributed by atoms with van der Waals surface area (Å²) in [6, 6.07) is 17.7. The lowest BCUT2D eigenvalue weighted by atomic mass is 9.87. The molecule has 0 bridgehead atoms. The largest absolute Gasteiger partial charge is 0.490 e. The SMILES string of the molecule is O=C(OCc1ccccc1)C1CCC(Oc2ccc(Br)cc2)CC1. The van der Waals surface area contributed by atoms with Crippen LogP contribution in [0.2, 0.25) is 0 Å². The second-order valence-electron chi connectivity index (χ2n) is 6.14. The van der Waals surface area contributed by atoms with Crippen LogP contribution in [0.1, 0.15) is 31.2 Å². The Morgan fingerprint density at radius 1 is 0.958 bits per heavy atom. The van der Waals surface area contributed by atoms with Crippen LogP contribution in [-0.2, 0) is 16.1 Å². The molecule has 0 spiro atoms. The highest BCUT2D eigenvalue weighted by molar-refractivity contribution is 9.10. The molecular formula is C20H21BrO3. The van der Waals surface area contributed by atoms with Crippen molar-refractivity contribution < 1.29 is 14.3 Å². The molecule has 3 rings (SSSR count). The molecule has 0 aromatic heterocycles. The Balaban J connectivity index is 1.42. The molecule has 3 nitrogen and oxygen atoms in total. The number of hydrogen-bond acceptors (Lipinski definition) is 3. The molecule has 0 heterocycles. The van der Waals surface area contributed by atoms with Crippen molar-refractivity contribution in [3.05, 3.63) is 64.6 Å². The standard InChI is InChI=1S/C20H21BrO3/c21-17-8-12-19(13-9-17)24-18-10-6-16(7-11-18)20(22)23-14-15-4-2-1-3-5-15/h1-5,8-9,12-13,16,18H,6-7,10-11,14H2. The summed E-state index contributed by atoms with van der Waals surface area (Å²) in [4.78, 5) is 12.2. The molecule has 0 N–H and O–H groups in total. The van der Waals surface area contributed by atoms with Crippen LogP contribution in [0.4, 0.5) is 0 Å². The molecule has 0 saturated heterocycles. The minimum Gasteiger partial charge on any atom is -0.490 e. The van der Waals surface area contributed by atoms with Crippen molar-refractivity contribution >= 4 is 21.9 Å². The van der Waals surface area contributed by atoms with Crippen molar-refractivity contribution in [1.82, 2.24) is 0 Å². The van der Waals surface area contributed by atoms with Crippen molar-refractivity contribution in [3.8, 4) is 5.75 Å². The van der Waals surface area contributed by atoms with E-state index in [1.54, 1.807) is 0 Å². The van der Waals surface area contributed by atoms with Gasteiger partial charge in [-0.3, -0.25) is 4.79 Å². The second-order valence-corrected chi connectivity index (χ2v) is 7.05. The number of carbonyl (C=O) groups excluding carboxylic acids is 1. The Labute approximate surface area is 151 Å². The van der Waals surface area contributed by atoms with Crippen LogP contribution >= 0.6 is 15.9 Å². The highest BCUT2D eigenvalue weighted by Gasteiger charge is 2.28. The maximum absolute atomic E-state index is 12.2. The lowest BCUT2D eigenvalue weighted by Crippen LogP contribution is -2.29. The molecule has 0 unspecified atom stereocenters. The summed E-state index contributed by atoms with van der Waals surface area (Å²) in [7, 11) is 0. The summed E-state index contributed by atoms with van der Waals surface area (Å²) < 4.78 is 12.5. The van der Waals surface area contributed by atoms with Crippen LogP contribution in [0.25, 0.3) is 0 Å². The molecule has 1 saturated carbocycles. The quantitative estimate of drug-likeness (QED) is 0.665. The number of benzene rings is 2. The maximum atomic E-state index is 12.2. The highest BCUT2D eigenvalue weighted by atomic mass is 79.9. The monoisotopic (exact) mass is 388 g/mol. The molecule has 1 aliphatic rings. The number of rotatable bonds is 5. The Bertz CT molecular complexity index is 646. The van der Waals surface area contributed by atoms with Crippen LogP contribution in [0.3, 0.4) is 0 Å². The maximum Gasteiger partial charge on any atom is 0.309 e. The molecule has 0 amide bonds. The molecule has 0 atom stereocenters. The van der Waals surface area contributed by atoms with E-state index >= 15 is 0 Å². The molecule has 126 valence electrons. The summed E-state index contributed by atoms with van der Waals surface area (Å²) in [6.07, 6.45) is 3.62. The summed E-state index contributed by atoms with van der Waals surface area (Å²) in [5.74, 6) is 0.799. The number of esters is 1. The van der Waals surface area contributed by atoms with Crippen LogP contribution in [0, 0.1) is 5.92 Å². The predicted molar refractivity (Wildman–Crippen MR) is 96.8 cm³/mol. The van der Waals surface area contributed by atoms with Crippen LogP contribution < -0.4 is 4.74 Å². The third-order valence-corrected chi connectivity index (χ3v) is 4.88. The minimum absolute atomic E-state index is 0.00141. The van der Waals surface area contributed by atoms with Gasteiger partial charge in [0.05, 0.1) is 12.0 Å². The van der Waals surface area contributed by atoms with Gasteiger partial charge < -0.3 is 9.47 Å². The summed E-state index contributed by atoms with van der Waals surface area (Å²) in [6.45, 7) is 0.356. The molecule has 2 aromatic carbocycles. The van der Waals surface area contributed by atoms with Crippen molar-refractivity contribution in [1.29, 1.82) is 0 Å². The van der Waals surface area contributed by atoms with Gasteiger partial charge in [-0.15, -0.1) is 0 Å². The third-order valence-electron chi connectivity index (χ3n) is 4.35. The molecule has 2 aromatic rings. The van der Waals surface area contributed by atoms with Crippen LogP contribution in [0.5, 0.6) is 5.75 Å². The zero-order valence-corrected chi connectivity index (χ0v) is 15.1.